The first kappa shape index (κ1) is 10.7. The maximum absolute atomic E-state index is 11.6. The van der Waals surface area contributed by atoms with E-state index in [9.17, 15) is 13.2 Å². The van der Waals surface area contributed by atoms with E-state index in [1.54, 1.807) is 0 Å². The number of halogens is 3. The first-order valence-corrected chi connectivity index (χ1v) is 3.00. The average molecular weight is 173 g/mol. The average Bonchev–Trinajstić information content (AvgIpc) is 1.85. The monoisotopic (exact) mass is 173 g/mol. The first-order chi connectivity index (χ1) is 4.89. The van der Waals surface area contributed by atoms with Gasteiger partial charge >= 0.3 is 6.18 Å². The highest BCUT2D eigenvalue weighted by Crippen LogP contribution is 2.22. The molecule has 0 radical (unpaired) electrons. The van der Waals surface area contributed by atoms with Crippen LogP contribution in [0.3, 0.4) is 0 Å². The van der Waals surface area contributed by atoms with Gasteiger partial charge in [0.05, 0.1) is 0 Å². The van der Waals surface area contributed by atoms with Crippen molar-refractivity contribution in [3.05, 3.63) is 0 Å². The standard InChI is InChI=1S/C5H10F3NO2/c6-5(7,8)4(11)3(9)1-2-10/h3-4,10-11H,1-2,9H2. The Morgan fingerprint density at radius 2 is 1.82 bits per heavy atom. The molecular weight excluding hydrogens is 163 g/mol. The number of aliphatic hydroxyl groups excluding tert-OH is 2. The van der Waals surface area contributed by atoms with E-state index in [1.807, 2.05) is 0 Å². The summed E-state index contributed by atoms with van der Waals surface area (Å²) in [5.41, 5.74) is 4.88. The van der Waals surface area contributed by atoms with Crippen LogP contribution in [0.4, 0.5) is 13.2 Å². The van der Waals surface area contributed by atoms with Crippen molar-refractivity contribution in [2.45, 2.75) is 24.7 Å². The Labute approximate surface area is 61.6 Å². The molecule has 2 unspecified atom stereocenters. The summed E-state index contributed by atoms with van der Waals surface area (Å²) in [6.07, 6.45) is -7.51. The molecule has 0 saturated carbocycles. The maximum atomic E-state index is 11.6. The third kappa shape index (κ3) is 3.54. The molecule has 0 aliphatic carbocycles. The van der Waals surface area contributed by atoms with Crippen molar-refractivity contribution in [1.82, 2.24) is 0 Å². The quantitative estimate of drug-likeness (QED) is 0.545. The van der Waals surface area contributed by atoms with Crippen molar-refractivity contribution in [2.75, 3.05) is 6.61 Å². The SMILES string of the molecule is NC(CCO)C(O)C(F)(F)F. The lowest BCUT2D eigenvalue weighted by Gasteiger charge is -2.20. The molecule has 6 heteroatoms. The van der Waals surface area contributed by atoms with Crippen LogP contribution in [0.5, 0.6) is 0 Å². The zero-order valence-electron chi connectivity index (χ0n) is 5.67. The molecule has 0 bridgehead atoms. The Kier molecular flexibility index (Phi) is 3.77. The number of rotatable bonds is 3. The zero-order chi connectivity index (χ0) is 9.07. The van der Waals surface area contributed by atoms with Gasteiger partial charge in [0.25, 0.3) is 0 Å². The van der Waals surface area contributed by atoms with E-state index < -0.39 is 24.9 Å². The second-order valence-corrected chi connectivity index (χ2v) is 2.16. The number of alkyl halides is 3. The molecule has 0 aromatic carbocycles. The molecule has 0 fully saturated rings. The molecular formula is C5H10F3NO2. The van der Waals surface area contributed by atoms with Gasteiger partial charge in [-0.05, 0) is 6.42 Å². The Balaban J connectivity index is 3.91. The minimum absolute atomic E-state index is 0.263. The fourth-order valence-corrected chi connectivity index (χ4v) is 0.550. The van der Waals surface area contributed by atoms with E-state index in [1.165, 1.54) is 0 Å². The molecule has 0 aromatic rings. The molecule has 3 nitrogen and oxygen atoms in total. The summed E-state index contributed by atoms with van der Waals surface area (Å²) in [6.45, 7) is -0.464. The van der Waals surface area contributed by atoms with Gasteiger partial charge in [0, 0.05) is 12.6 Å². The molecule has 0 aliphatic rings. The van der Waals surface area contributed by atoms with E-state index in [-0.39, 0.29) is 6.42 Å². The summed E-state index contributed by atoms with van der Waals surface area (Å²) < 4.78 is 34.8. The second kappa shape index (κ2) is 3.89. The van der Waals surface area contributed by atoms with Gasteiger partial charge in [-0.25, -0.2) is 0 Å². The van der Waals surface area contributed by atoms with E-state index >= 15 is 0 Å². The van der Waals surface area contributed by atoms with Gasteiger partial charge in [0.15, 0.2) is 6.10 Å². The van der Waals surface area contributed by atoms with Crippen molar-refractivity contribution in [1.29, 1.82) is 0 Å². The summed E-state index contributed by atoms with van der Waals surface area (Å²) in [6, 6.07) is -1.44. The van der Waals surface area contributed by atoms with Crippen molar-refractivity contribution in [3.63, 3.8) is 0 Å². The van der Waals surface area contributed by atoms with Crippen molar-refractivity contribution < 1.29 is 23.4 Å². The molecule has 0 amide bonds. The molecule has 4 N–H and O–H groups in total. The molecule has 68 valence electrons. The molecule has 11 heavy (non-hydrogen) atoms. The smallest absolute Gasteiger partial charge is 0.396 e. The Hall–Kier alpha value is -0.330. The van der Waals surface area contributed by atoms with E-state index in [2.05, 4.69) is 0 Å². The summed E-state index contributed by atoms with van der Waals surface area (Å²) in [5.74, 6) is 0. The molecule has 0 saturated heterocycles. The molecule has 0 rings (SSSR count). The van der Waals surface area contributed by atoms with Crippen molar-refractivity contribution in [3.8, 4) is 0 Å². The van der Waals surface area contributed by atoms with Crippen LogP contribution in [0.15, 0.2) is 0 Å². The number of hydrogen-bond acceptors (Lipinski definition) is 3. The number of aliphatic hydroxyl groups is 2. The van der Waals surface area contributed by atoms with Gasteiger partial charge in [0.1, 0.15) is 0 Å². The second-order valence-electron chi connectivity index (χ2n) is 2.16. The van der Waals surface area contributed by atoms with E-state index in [0.717, 1.165) is 0 Å². The Morgan fingerprint density at radius 3 is 2.09 bits per heavy atom. The van der Waals surface area contributed by atoms with Gasteiger partial charge < -0.3 is 15.9 Å². The normalized spacial score (nSPS) is 18.0. The summed E-state index contributed by atoms with van der Waals surface area (Å²) in [7, 11) is 0. The van der Waals surface area contributed by atoms with Gasteiger partial charge in [-0.3, -0.25) is 0 Å². The van der Waals surface area contributed by atoms with Crippen LogP contribution in [0.25, 0.3) is 0 Å². The predicted molar refractivity (Wildman–Crippen MR) is 31.7 cm³/mol. The van der Waals surface area contributed by atoms with Gasteiger partial charge in [-0.1, -0.05) is 0 Å². The van der Waals surface area contributed by atoms with Crippen molar-refractivity contribution in [2.24, 2.45) is 5.73 Å². The lowest BCUT2D eigenvalue weighted by molar-refractivity contribution is -0.210. The third-order valence-corrected chi connectivity index (χ3v) is 1.20. The highest BCUT2D eigenvalue weighted by molar-refractivity contribution is 4.77. The molecule has 0 heterocycles. The fourth-order valence-electron chi connectivity index (χ4n) is 0.550. The summed E-state index contributed by atoms with van der Waals surface area (Å²) in [5, 5.41) is 16.6. The summed E-state index contributed by atoms with van der Waals surface area (Å²) in [4.78, 5) is 0. The van der Waals surface area contributed by atoms with E-state index in [0.29, 0.717) is 0 Å². The van der Waals surface area contributed by atoms with Crippen LogP contribution in [0.2, 0.25) is 0 Å². The van der Waals surface area contributed by atoms with Gasteiger partial charge in [-0.2, -0.15) is 13.2 Å². The van der Waals surface area contributed by atoms with Crippen LogP contribution in [0, 0.1) is 0 Å². The molecule has 0 aromatic heterocycles. The van der Waals surface area contributed by atoms with Crippen LogP contribution in [0.1, 0.15) is 6.42 Å². The molecule has 0 aliphatic heterocycles. The lowest BCUT2D eigenvalue weighted by Crippen LogP contribution is -2.45. The highest BCUT2D eigenvalue weighted by atomic mass is 19.4. The van der Waals surface area contributed by atoms with Crippen LogP contribution >= 0.6 is 0 Å². The predicted octanol–water partition coefficient (Wildman–Crippen LogP) is -0.381. The fraction of sp³-hybridized carbons (Fsp3) is 1.00. The van der Waals surface area contributed by atoms with Crippen LogP contribution < -0.4 is 5.73 Å². The first-order valence-electron chi connectivity index (χ1n) is 3.00. The lowest BCUT2D eigenvalue weighted by atomic mass is 10.1. The Bertz CT molecular complexity index is 117. The Morgan fingerprint density at radius 1 is 1.36 bits per heavy atom. The zero-order valence-corrected chi connectivity index (χ0v) is 5.67. The minimum Gasteiger partial charge on any atom is -0.396 e. The minimum atomic E-state index is -4.70. The number of nitrogens with two attached hydrogens (primary N) is 1. The van der Waals surface area contributed by atoms with Crippen LogP contribution in [-0.4, -0.2) is 35.1 Å². The van der Waals surface area contributed by atoms with E-state index in [4.69, 9.17) is 15.9 Å². The molecule has 0 spiro atoms. The number of hydrogen-bond donors (Lipinski definition) is 3. The topological polar surface area (TPSA) is 66.5 Å². The van der Waals surface area contributed by atoms with Crippen molar-refractivity contribution >= 4 is 0 Å². The maximum Gasteiger partial charge on any atom is 0.415 e. The van der Waals surface area contributed by atoms with Gasteiger partial charge in [-0.15, -0.1) is 0 Å². The van der Waals surface area contributed by atoms with Crippen LogP contribution in [-0.2, 0) is 0 Å². The summed E-state index contributed by atoms with van der Waals surface area (Å²) >= 11 is 0. The highest BCUT2D eigenvalue weighted by Gasteiger charge is 2.41. The molecule has 2 atom stereocenters. The third-order valence-electron chi connectivity index (χ3n) is 1.20. The largest absolute Gasteiger partial charge is 0.415 e. The van der Waals surface area contributed by atoms with Gasteiger partial charge in [0.2, 0.25) is 0 Å².